The van der Waals surface area contributed by atoms with Crippen molar-refractivity contribution >= 4 is 11.7 Å². The number of nitrogens with one attached hydrogen (secondary N) is 1. The lowest BCUT2D eigenvalue weighted by atomic mass is 10.0. The number of carbonyl (C=O) groups excluding carboxylic acids is 1. The molecule has 1 heterocycles. The van der Waals surface area contributed by atoms with E-state index in [2.05, 4.69) is 24.1 Å². The summed E-state index contributed by atoms with van der Waals surface area (Å²) < 4.78 is 4.88. The van der Waals surface area contributed by atoms with E-state index >= 15 is 0 Å². The molecule has 0 amide bonds. The molecule has 4 nitrogen and oxygen atoms in total. The van der Waals surface area contributed by atoms with E-state index in [9.17, 15) is 4.79 Å². The molecule has 1 aliphatic rings. The zero-order chi connectivity index (χ0) is 14.5. The summed E-state index contributed by atoms with van der Waals surface area (Å²) in [5.74, 6) is 0.405. The summed E-state index contributed by atoms with van der Waals surface area (Å²) in [5, 5.41) is 3.55. The van der Waals surface area contributed by atoms with E-state index in [-0.39, 0.29) is 5.97 Å². The standard InChI is InChI=1S/C16H24N2O2/c1-12(2)10-13-11-18(9-8-17-13)15-7-5-4-6-14(15)16(19)20-3/h4-7,12-13,17H,8-11H2,1-3H3/t13-/m1/s1. The highest BCUT2D eigenvalue weighted by atomic mass is 16.5. The number of piperazine rings is 1. The van der Waals surface area contributed by atoms with Crippen molar-refractivity contribution < 1.29 is 9.53 Å². The van der Waals surface area contributed by atoms with E-state index < -0.39 is 0 Å². The van der Waals surface area contributed by atoms with Crippen molar-refractivity contribution in [2.45, 2.75) is 26.3 Å². The second-order valence-electron chi connectivity index (χ2n) is 5.74. The van der Waals surface area contributed by atoms with E-state index in [1.54, 1.807) is 0 Å². The summed E-state index contributed by atoms with van der Waals surface area (Å²) in [5.41, 5.74) is 1.63. The average molecular weight is 276 g/mol. The summed E-state index contributed by atoms with van der Waals surface area (Å²) in [7, 11) is 1.43. The molecule has 0 spiro atoms. The molecule has 1 aliphatic heterocycles. The first-order chi connectivity index (χ1) is 9.61. The maximum absolute atomic E-state index is 11.9. The first kappa shape index (κ1) is 14.9. The zero-order valence-electron chi connectivity index (χ0n) is 12.6. The lowest BCUT2D eigenvalue weighted by Crippen LogP contribution is -2.51. The fraction of sp³-hybridized carbons (Fsp3) is 0.562. The van der Waals surface area contributed by atoms with Crippen molar-refractivity contribution in [2.24, 2.45) is 5.92 Å². The number of anilines is 1. The van der Waals surface area contributed by atoms with Crippen LogP contribution in [0.1, 0.15) is 30.6 Å². The van der Waals surface area contributed by atoms with Crippen LogP contribution in [0.3, 0.4) is 0 Å². The van der Waals surface area contributed by atoms with Gasteiger partial charge in [-0.2, -0.15) is 0 Å². The van der Waals surface area contributed by atoms with Gasteiger partial charge in [-0.05, 0) is 24.5 Å². The van der Waals surface area contributed by atoms with Crippen molar-refractivity contribution in [3.8, 4) is 0 Å². The van der Waals surface area contributed by atoms with Crippen LogP contribution in [0.5, 0.6) is 0 Å². The summed E-state index contributed by atoms with van der Waals surface area (Å²) in [6, 6.07) is 8.17. The van der Waals surface area contributed by atoms with Crippen LogP contribution in [0.25, 0.3) is 0 Å². The Balaban J connectivity index is 2.16. The number of para-hydroxylation sites is 1. The topological polar surface area (TPSA) is 41.6 Å². The molecule has 1 atom stereocenters. The molecule has 0 bridgehead atoms. The average Bonchev–Trinajstić information content (AvgIpc) is 2.46. The summed E-state index contributed by atoms with van der Waals surface area (Å²) in [6.07, 6.45) is 1.15. The van der Waals surface area contributed by atoms with Crippen LogP contribution < -0.4 is 10.2 Å². The lowest BCUT2D eigenvalue weighted by molar-refractivity contribution is 0.0601. The largest absolute Gasteiger partial charge is 0.465 e. The van der Waals surface area contributed by atoms with Crippen molar-refractivity contribution in [3.05, 3.63) is 29.8 Å². The molecule has 1 aromatic rings. The highest BCUT2D eigenvalue weighted by molar-refractivity contribution is 5.95. The maximum atomic E-state index is 11.9. The quantitative estimate of drug-likeness (QED) is 0.857. The van der Waals surface area contributed by atoms with Gasteiger partial charge < -0.3 is 15.0 Å². The SMILES string of the molecule is COC(=O)c1ccccc1N1CCN[C@H](CC(C)C)C1. The molecule has 0 unspecified atom stereocenters. The van der Waals surface area contributed by atoms with Crippen LogP contribution >= 0.6 is 0 Å². The van der Waals surface area contributed by atoms with Gasteiger partial charge in [-0.3, -0.25) is 0 Å². The highest BCUT2D eigenvalue weighted by Crippen LogP contribution is 2.23. The number of esters is 1. The van der Waals surface area contributed by atoms with Gasteiger partial charge in [0.05, 0.1) is 18.4 Å². The van der Waals surface area contributed by atoms with Crippen molar-refractivity contribution in [3.63, 3.8) is 0 Å². The number of hydrogen-bond donors (Lipinski definition) is 1. The molecule has 0 aromatic heterocycles. The van der Waals surface area contributed by atoms with E-state index in [1.165, 1.54) is 7.11 Å². The Morgan fingerprint density at radius 3 is 2.90 bits per heavy atom. The zero-order valence-corrected chi connectivity index (χ0v) is 12.6. The molecule has 1 fully saturated rings. The van der Waals surface area contributed by atoms with Gasteiger partial charge in [0, 0.05) is 25.7 Å². The second kappa shape index (κ2) is 6.75. The predicted octanol–water partition coefficient (Wildman–Crippen LogP) is 2.30. The van der Waals surface area contributed by atoms with Crippen LogP contribution in [0.15, 0.2) is 24.3 Å². The predicted molar refractivity (Wildman–Crippen MR) is 81.2 cm³/mol. The van der Waals surface area contributed by atoms with E-state index in [0.717, 1.165) is 31.7 Å². The van der Waals surface area contributed by atoms with Crippen LogP contribution in [-0.4, -0.2) is 38.8 Å². The molecule has 1 N–H and O–H groups in total. The van der Waals surface area contributed by atoms with Gasteiger partial charge in [0.1, 0.15) is 0 Å². The molecule has 1 aromatic carbocycles. The minimum atomic E-state index is -0.264. The van der Waals surface area contributed by atoms with Gasteiger partial charge in [0.15, 0.2) is 0 Å². The summed E-state index contributed by atoms with van der Waals surface area (Å²) in [4.78, 5) is 14.2. The van der Waals surface area contributed by atoms with Crippen LogP contribution in [0, 0.1) is 5.92 Å². The Morgan fingerprint density at radius 1 is 1.45 bits per heavy atom. The Bertz CT molecular complexity index is 460. The molecule has 20 heavy (non-hydrogen) atoms. The molecule has 2 rings (SSSR count). The number of nitrogens with zero attached hydrogens (tertiary/aromatic N) is 1. The van der Waals surface area contributed by atoms with Gasteiger partial charge in [-0.1, -0.05) is 26.0 Å². The lowest BCUT2D eigenvalue weighted by Gasteiger charge is -2.36. The Labute approximate surface area is 121 Å². The molecule has 0 radical (unpaired) electrons. The number of benzene rings is 1. The van der Waals surface area contributed by atoms with Crippen molar-refractivity contribution in [2.75, 3.05) is 31.6 Å². The number of rotatable bonds is 4. The molecule has 0 saturated carbocycles. The number of hydrogen-bond acceptors (Lipinski definition) is 4. The fourth-order valence-electron chi connectivity index (χ4n) is 2.80. The number of ether oxygens (including phenoxy) is 1. The summed E-state index contributed by atoms with van der Waals surface area (Å²) in [6.45, 7) is 7.29. The van der Waals surface area contributed by atoms with E-state index in [1.807, 2.05) is 24.3 Å². The Morgan fingerprint density at radius 2 is 2.20 bits per heavy atom. The third-order valence-corrected chi connectivity index (χ3v) is 3.66. The van der Waals surface area contributed by atoms with Gasteiger partial charge >= 0.3 is 5.97 Å². The van der Waals surface area contributed by atoms with E-state index in [4.69, 9.17) is 4.74 Å². The minimum absolute atomic E-state index is 0.264. The first-order valence-corrected chi connectivity index (χ1v) is 7.27. The van der Waals surface area contributed by atoms with Crippen LogP contribution in [-0.2, 0) is 4.74 Å². The second-order valence-corrected chi connectivity index (χ2v) is 5.74. The third kappa shape index (κ3) is 3.51. The van der Waals surface area contributed by atoms with Crippen molar-refractivity contribution in [1.82, 2.24) is 5.32 Å². The summed E-state index contributed by atoms with van der Waals surface area (Å²) >= 11 is 0. The van der Waals surface area contributed by atoms with Gasteiger partial charge in [-0.25, -0.2) is 4.79 Å². The minimum Gasteiger partial charge on any atom is -0.465 e. The smallest absolute Gasteiger partial charge is 0.339 e. The fourth-order valence-corrected chi connectivity index (χ4v) is 2.80. The van der Waals surface area contributed by atoms with Gasteiger partial charge in [0.25, 0.3) is 0 Å². The molecule has 0 aliphatic carbocycles. The van der Waals surface area contributed by atoms with Crippen molar-refractivity contribution in [1.29, 1.82) is 0 Å². The molecular formula is C16H24N2O2. The molecule has 4 heteroatoms. The van der Waals surface area contributed by atoms with Gasteiger partial charge in [0.2, 0.25) is 0 Å². The first-order valence-electron chi connectivity index (χ1n) is 7.27. The normalized spacial score (nSPS) is 19.2. The Kier molecular flexibility index (Phi) is 5.01. The number of methoxy groups -OCH3 is 1. The maximum Gasteiger partial charge on any atom is 0.339 e. The van der Waals surface area contributed by atoms with E-state index in [0.29, 0.717) is 17.5 Å². The number of carbonyl (C=O) groups is 1. The van der Waals surface area contributed by atoms with Gasteiger partial charge in [-0.15, -0.1) is 0 Å². The molecule has 110 valence electrons. The highest BCUT2D eigenvalue weighted by Gasteiger charge is 2.23. The molecule has 1 saturated heterocycles. The van der Waals surface area contributed by atoms with Crippen LogP contribution in [0.4, 0.5) is 5.69 Å². The molecular weight excluding hydrogens is 252 g/mol. The third-order valence-electron chi connectivity index (χ3n) is 3.66. The monoisotopic (exact) mass is 276 g/mol. The Hall–Kier alpha value is -1.55. The van der Waals surface area contributed by atoms with Crippen LogP contribution in [0.2, 0.25) is 0 Å².